The molecule has 11 heteroatoms. The third-order valence-corrected chi connectivity index (χ3v) is 6.34. The lowest BCUT2D eigenvalue weighted by Crippen LogP contribution is -2.45. The molecule has 1 fully saturated rings. The lowest BCUT2D eigenvalue weighted by atomic mass is 10.3. The highest BCUT2D eigenvalue weighted by Gasteiger charge is 2.30. The van der Waals surface area contributed by atoms with Crippen molar-refractivity contribution in [2.75, 3.05) is 53.2 Å². The number of hydrogen-bond acceptors (Lipinski definition) is 8. The first-order chi connectivity index (χ1) is 11.8. The van der Waals surface area contributed by atoms with Crippen molar-refractivity contribution in [2.24, 2.45) is 0 Å². The highest BCUT2D eigenvalue weighted by molar-refractivity contribution is 7.55. The normalized spacial score (nSPS) is 24.7. The van der Waals surface area contributed by atoms with Gasteiger partial charge < -0.3 is 15.0 Å². The number of likely N-dealkylation sites (N-methyl/N-ethyl adjacent to an activating group) is 1. The molecule has 25 heavy (non-hydrogen) atoms. The van der Waals surface area contributed by atoms with Gasteiger partial charge in [-0.15, -0.1) is 0 Å². The van der Waals surface area contributed by atoms with Gasteiger partial charge in [-0.25, -0.2) is 19.6 Å². The molecule has 2 aromatic heterocycles. The molecule has 0 spiro atoms. The fourth-order valence-corrected chi connectivity index (χ4v) is 3.33. The molecule has 2 N–H and O–H groups in total. The number of nitrogens with two attached hydrogens (primary N) is 1. The van der Waals surface area contributed by atoms with Crippen molar-refractivity contribution in [3.05, 3.63) is 12.7 Å². The van der Waals surface area contributed by atoms with Crippen molar-refractivity contribution in [3.8, 4) is 0 Å². The number of imidazole rings is 1. The zero-order valence-electron chi connectivity index (χ0n) is 14.9. The Kier molecular flexibility index (Phi) is 5.08. The predicted molar refractivity (Wildman–Crippen MR) is 94.3 cm³/mol. The van der Waals surface area contributed by atoms with E-state index in [0.29, 0.717) is 30.1 Å². The smallest absolute Gasteiger partial charge is 0.268 e. The predicted octanol–water partition coefficient (Wildman–Crippen LogP) is 0.639. The van der Waals surface area contributed by atoms with Gasteiger partial charge in [-0.05, 0) is 21.1 Å². The molecule has 2 aromatic rings. The molecule has 0 bridgehead atoms. The number of morpholine rings is 1. The monoisotopic (exact) mass is 369 g/mol. The molecular weight excluding hydrogens is 345 g/mol. The topological polar surface area (TPSA) is 112 Å². The van der Waals surface area contributed by atoms with Crippen LogP contribution in [0.1, 0.15) is 6.23 Å². The maximum absolute atomic E-state index is 12.3. The van der Waals surface area contributed by atoms with Gasteiger partial charge in [-0.1, -0.05) is 0 Å². The Bertz CT molecular complexity index is 796. The van der Waals surface area contributed by atoms with Gasteiger partial charge in [0.05, 0.1) is 19.0 Å². The van der Waals surface area contributed by atoms with Crippen molar-refractivity contribution in [1.82, 2.24) is 29.1 Å². The van der Waals surface area contributed by atoms with Crippen LogP contribution in [-0.2, 0) is 13.8 Å². The lowest BCUT2D eigenvalue weighted by Gasteiger charge is -2.37. The number of nitrogen functional groups attached to an aromatic ring is 1. The number of anilines is 1. The van der Waals surface area contributed by atoms with Crippen LogP contribution in [0, 0.1) is 0 Å². The van der Waals surface area contributed by atoms with Gasteiger partial charge in [0.15, 0.2) is 11.5 Å². The fraction of sp³-hybridized carbons (Fsp3) is 0.643. The molecule has 0 radical (unpaired) electrons. The third kappa shape index (κ3) is 3.83. The van der Waals surface area contributed by atoms with Crippen LogP contribution in [0.4, 0.5) is 5.82 Å². The number of fused-ring (bicyclic) bond motifs is 1. The minimum atomic E-state index is -2.80. The first-order valence-corrected chi connectivity index (χ1v) is 9.97. The summed E-state index contributed by atoms with van der Waals surface area (Å²) in [6.07, 6.45) is 2.56. The molecule has 10 nitrogen and oxygen atoms in total. The second-order valence-electron chi connectivity index (χ2n) is 6.46. The number of aromatic nitrogens is 4. The molecule has 0 amide bonds. The Hall–Kier alpha value is -1.58. The number of rotatable bonds is 5. The summed E-state index contributed by atoms with van der Waals surface area (Å²) in [6.45, 7) is 3.20. The van der Waals surface area contributed by atoms with Crippen LogP contribution in [-0.4, -0.2) is 82.7 Å². The first-order valence-electron chi connectivity index (χ1n) is 7.95. The first kappa shape index (κ1) is 18.2. The Labute approximate surface area is 146 Å². The second-order valence-corrected chi connectivity index (χ2v) is 9.13. The summed E-state index contributed by atoms with van der Waals surface area (Å²) in [6, 6.07) is 0. The quantitative estimate of drug-likeness (QED) is 0.759. The van der Waals surface area contributed by atoms with Crippen LogP contribution in [0.3, 0.4) is 0 Å². The van der Waals surface area contributed by atoms with E-state index in [0.717, 1.165) is 0 Å². The minimum absolute atomic E-state index is 0.214. The zero-order chi connectivity index (χ0) is 18.2. The molecule has 0 aromatic carbocycles. The van der Waals surface area contributed by atoms with Crippen molar-refractivity contribution < 1.29 is 13.8 Å². The van der Waals surface area contributed by atoms with Crippen LogP contribution >= 0.6 is 7.52 Å². The van der Waals surface area contributed by atoms with Crippen LogP contribution in [0.25, 0.3) is 11.2 Å². The molecular formula is C14H24N7O3P. The molecule has 3 rings (SSSR count). The molecule has 0 saturated carbocycles. The molecule has 1 aliphatic rings. The number of nitrogens with zero attached hydrogens (tertiary/aromatic N) is 6. The van der Waals surface area contributed by atoms with Gasteiger partial charge in [0, 0.05) is 19.8 Å². The van der Waals surface area contributed by atoms with E-state index in [-0.39, 0.29) is 18.9 Å². The molecule has 1 saturated heterocycles. The summed E-state index contributed by atoms with van der Waals surface area (Å²) in [5, 5.41) is 0. The zero-order valence-corrected chi connectivity index (χ0v) is 15.8. The average Bonchev–Trinajstić information content (AvgIpc) is 2.98. The minimum Gasteiger partial charge on any atom is -0.382 e. The molecule has 1 aliphatic heterocycles. The van der Waals surface area contributed by atoms with Gasteiger partial charge in [-0.3, -0.25) is 14.0 Å². The van der Waals surface area contributed by atoms with E-state index in [4.69, 9.17) is 15.0 Å². The van der Waals surface area contributed by atoms with E-state index in [2.05, 4.69) is 19.9 Å². The molecule has 138 valence electrons. The maximum Gasteiger partial charge on any atom is 0.268 e. The molecule has 3 heterocycles. The Morgan fingerprint density at radius 1 is 1.40 bits per heavy atom. The van der Waals surface area contributed by atoms with Crippen molar-refractivity contribution >= 4 is 24.5 Å². The standard InChI is InChI=1S/C14H24N7O3P/c1-19(2)25(4,22)23-7-10-5-20(3)6-11(24-10)21-9-18-12-13(15)16-8-17-14(12)21/h8-11H,5-7H2,1-4H3,(H2,15,16,17)/t10-,11+,25?/m0/s1. The molecule has 3 atom stereocenters. The highest BCUT2D eigenvalue weighted by Crippen LogP contribution is 2.44. The van der Waals surface area contributed by atoms with E-state index < -0.39 is 7.52 Å². The van der Waals surface area contributed by atoms with E-state index in [1.54, 1.807) is 31.8 Å². The third-order valence-electron chi connectivity index (χ3n) is 4.26. The van der Waals surface area contributed by atoms with Crippen molar-refractivity contribution in [2.45, 2.75) is 12.3 Å². The van der Waals surface area contributed by atoms with Gasteiger partial charge >= 0.3 is 0 Å². The summed E-state index contributed by atoms with van der Waals surface area (Å²) < 4.78 is 27.5. The van der Waals surface area contributed by atoms with Gasteiger partial charge in [-0.2, -0.15) is 0 Å². The summed E-state index contributed by atoms with van der Waals surface area (Å²) >= 11 is 0. The summed E-state index contributed by atoms with van der Waals surface area (Å²) in [7, 11) is 2.68. The van der Waals surface area contributed by atoms with Gasteiger partial charge in [0.25, 0.3) is 7.52 Å². The summed E-state index contributed by atoms with van der Waals surface area (Å²) in [5.74, 6) is 0.339. The van der Waals surface area contributed by atoms with Crippen LogP contribution in [0.5, 0.6) is 0 Å². The lowest BCUT2D eigenvalue weighted by molar-refractivity contribution is -0.125. The summed E-state index contributed by atoms with van der Waals surface area (Å²) in [4.78, 5) is 14.6. The van der Waals surface area contributed by atoms with E-state index in [9.17, 15) is 4.57 Å². The molecule has 0 aliphatic carbocycles. The number of ether oxygens (including phenoxy) is 1. The number of hydrogen-bond donors (Lipinski definition) is 1. The maximum atomic E-state index is 12.3. The van der Waals surface area contributed by atoms with Gasteiger partial charge in [0.2, 0.25) is 0 Å². The molecule has 1 unspecified atom stereocenters. The average molecular weight is 369 g/mol. The largest absolute Gasteiger partial charge is 0.382 e. The Morgan fingerprint density at radius 2 is 2.16 bits per heavy atom. The van der Waals surface area contributed by atoms with E-state index in [1.807, 2.05) is 11.6 Å². The Balaban J connectivity index is 1.76. The van der Waals surface area contributed by atoms with E-state index in [1.165, 1.54) is 6.33 Å². The SMILES string of the molecule is CN1C[C@@H](COP(C)(=O)N(C)C)O[C@@H](n2cnc3c(N)ncnc32)C1. The van der Waals surface area contributed by atoms with Crippen molar-refractivity contribution in [1.29, 1.82) is 0 Å². The van der Waals surface area contributed by atoms with Crippen LogP contribution in [0.2, 0.25) is 0 Å². The fourth-order valence-electron chi connectivity index (χ4n) is 2.66. The second kappa shape index (κ2) is 6.97. The van der Waals surface area contributed by atoms with Crippen LogP contribution < -0.4 is 5.73 Å². The van der Waals surface area contributed by atoms with Crippen LogP contribution in [0.15, 0.2) is 12.7 Å². The Morgan fingerprint density at radius 3 is 2.88 bits per heavy atom. The van der Waals surface area contributed by atoms with Crippen molar-refractivity contribution in [3.63, 3.8) is 0 Å². The van der Waals surface area contributed by atoms with E-state index >= 15 is 0 Å². The highest BCUT2D eigenvalue weighted by atomic mass is 31.2. The van der Waals surface area contributed by atoms with Gasteiger partial charge in [0.1, 0.15) is 18.1 Å². The summed E-state index contributed by atoms with van der Waals surface area (Å²) in [5.41, 5.74) is 7.02.